The summed E-state index contributed by atoms with van der Waals surface area (Å²) >= 11 is 0. The molecule has 9 heteroatoms. The van der Waals surface area contributed by atoms with Gasteiger partial charge in [-0.05, 0) is 55.7 Å². The second-order valence-corrected chi connectivity index (χ2v) is 8.99. The van der Waals surface area contributed by atoms with E-state index in [4.69, 9.17) is 0 Å². The molecule has 7 nitrogen and oxygen atoms in total. The lowest BCUT2D eigenvalue weighted by atomic mass is 10.1. The number of benzene rings is 2. The molecule has 0 aliphatic carbocycles. The number of rotatable bonds is 5. The largest absolute Gasteiger partial charge is 0.465 e. The zero-order valence-corrected chi connectivity index (χ0v) is 17.6. The van der Waals surface area contributed by atoms with Crippen LogP contribution in [-0.4, -0.2) is 44.8 Å². The maximum atomic E-state index is 14.4. The minimum atomic E-state index is -4.03. The number of anilines is 1. The average molecular weight is 434 g/mol. The van der Waals surface area contributed by atoms with Crippen molar-refractivity contribution in [3.05, 3.63) is 58.9 Å². The number of nitrogens with zero attached hydrogens (tertiary/aromatic N) is 1. The van der Waals surface area contributed by atoms with Crippen LogP contribution in [0.2, 0.25) is 0 Å². The molecule has 0 atom stereocenters. The molecule has 1 N–H and O–H groups in total. The Labute approximate surface area is 174 Å². The fraction of sp³-hybridized carbons (Fsp3) is 0.333. The molecule has 1 aliphatic heterocycles. The predicted molar refractivity (Wildman–Crippen MR) is 109 cm³/mol. The number of halogens is 1. The van der Waals surface area contributed by atoms with Gasteiger partial charge < -0.3 is 10.1 Å². The third-order valence-corrected chi connectivity index (χ3v) is 6.95. The summed E-state index contributed by atoms with van der Waals surface area (Å²) in [5, 5.41) is 2.65. The molecule has 2 aromatic carbocycles. The van der Waals surface area contributed by atoms with Gasteiger partial charge in [0.15, 0.2) is 0 Å². The van der Waals surface area contributed by atoms with Gasteiger partial charge in [0, 0.05) is 24.3 Å². The van der Waals surface area contributed by atoms with Crippen LogP contribution >= 0.6 is 0 Å². The van der Waals surface area contributed by atoms with Crippen LogP contribution in [0.3, 0.4) is 0 Å². The summed E-state index contributed by atoms with van der Waals surface area (Å²) in [5.74, 6) is -2.07. The zero-order chi connectivity index (χ0) is 21.9. The van der Waals surface area contributed by atoms with Crippen LogP contribution in [0.15, 0.2) is 41.3 Å². The van der Waals surface area contributed by atoms with Gasteiger partial charge in [0.05, 0.1) is 12.7 Å². The smallest absolute Gasteiger partial charge is 0.337 e. The van der Waals surface area contributed by atoms with Gasteiger partial charge in [0.2, 0.25) is 10.0 Å². The highest BCUT2D eigenvalue weighted by atomic mass is 32.2. The Kier molecular flexibility index (Phi) is 6.52. The topological polar surface area (TPSA) is 92.8 Å². The van der Waals surface area contributed by atoms with Gasteiger partial charge in [0.1, 0.15) is 10.7 Å². The molecule has 1 saturated heterocycles. The third-order valence-electron chi connectivity index (χ3n) is 5.03. The van der Waals surface area contributed by atoms with Gasteiger partial charge in [-0.15, -0.1) is 0 Å². The molecule has 0 spiro atoms. The fourth-order valence-electron chi connectivity index (χ4n) is 3.28. The van der Waals surface area contributed by atoms with Crippen molar-refractivity contribution in [2.24, 2.45) is 0 Å². The standard InChI is InChI=1S/C21H23FN2O5S/c1-14-6-7-16(21(26)29-2)12-18(14)23-20(25)15-8-9-17(22)19(13-15)30(27,28)24-10-4-3-5-11-24/h6-9,12-13H,3-5,10-11H2,1-2H3,(H,23,25). The van der Waals surface area contributed by atoms with Crippen molar-refractivity contribution in [3.63, 3.8) is 0 Å². The molecule has 1 amide bonds. The Hall–Kier alpha value is -2.78. The van der Waals surface area contributed by atoms with Crippen molar-refractivity contribution in [3.8, 4) is 0 Å². The molecular weight excluding hydrogens is 411 g/mol. The highest BCUT2D eigenvalue weighted by Gasteiger charge is 2.29. The number of hydrogen-bond donors (Lipinski definition) is 1. The average Bonchev–Trinajstić information content (AvgIpc) is 2.75. The minimum absolute atomic E-state index is 0.00476. The van der Waals surface area contributed by atoms with E-state index in [1.807, 2.05) is 0 Å². The van der Waals surface area contributed by atoms with Gasteiger partial charge >= 0.3 is 5.97 Å². The summed E-state index contributed by atoms with van der Waals surface area (Å²) < 4.78 is 46.0. The van der Waals surface area contributed by atoms with Crippen LogP contribution in [0, 0.1) is 12.7 Å². The van der Waals surface area contributed by atoms with E-state index in [1.165, 1.54) is 23.5 Å². The lowest BCUT2D eigenvalue weighted by molar-refractivity contribution is 0.0600. The molecule has 0 aromatic heterocycles. The number of ether oxygens (including phenoxy) is 1. The molecule has 1 fully saturated rings. The lowest BCUT2D eigenvalue weighted by Gasteiger charge is -2.26. The third kappa shape index (κ3) is 4.52. The zero-order valence-electron chi connectivity index (χ0n) is 16.8. The Bertz CT molecular complexity index is 1080. The second kappa shape index (κ2) is 8.93. The molecule has 1 heterocycles. The summed E-state index contributed by atoms with van der Waals surface area (Å²) in [4.78, 5) is 23.9. The molecule has 0 bridgehead atoms. The number of carbonyl (C=O) groups is 2. The van der Waals surface area contributed by atoms with E-state index in [-0.39, 0.29) is 11.1 Å². The van der Waals surface area contributed by atoms with Crippen LogP contribution in [0.5, 0.6) is 0 Å². The molecule has 160 valence electrons. The van der Waals surface area contributed by atoms with Crippen molar-refractivity contribution in [1.82, 2.24) is 4.31 Å². The molecule has 2 aromatic rings. The van der Waals surface area contributed by atoms with Crippen molar-refractivity contribution in [1.29, 1.82) is 0 Å². The van der Waals surface area contributed by atoms with Crippen LogP contribution in [0.1, 0.15) is 45.5 Å². The van der Waals surface area contributed by atoms with Gasteiger partial charge in [-0.1, -0.05) is 12.5 Å². The van der Waals surface area contributed by atoms with E-state index >= 15 is 0 Å². The van der Waals surface area contributed by atoms with Crippen LogP contribution in [0.4, 0.5) is 10.1 Å². The number of nitrogens with one attached hydrogen (secondary N) is 1. The lowest BCUT2D eigenvalue weighted by Crippen LogP contribution is -2.36. The van der Waals surface area contributed by atoms with Crippen molar-refractivity contribution in [2.75, 3.05) is 25.5 Å². The van der Waals surface area contributed by atoms with Crippen LogP contribution in [-0.2, 0) is 14.8 Å². The van der Waals surface area contributed by atoms with E-state index in [2.05, 4.69) is 10.1 Å². The maximum Gasteiger partial charge on any atom is 0.337 e. The maximum absolute atomic E-state index is 14.4. The first-order valence-electron chi connectivity index (χ1n) is 9.54. The molecular formula is C21H23FN2O5S. The van der Waals surface area contributed by atoms with E-state index in [0.717, 1.165) is 31.4 Å². The highest BCUT2D eigenvalue weighted by molar-refractivity contribution is 7.89. The number of carbonyl (C=O) groups excluding carboxylic acids is 2. The summed E-state index contributed by atoms with van der Waals surface area (Å²) in [6, 6.07) is 7.93. The molecule has 0 saturated carbocycles. The van der Waals surface area contributed by atoms with Crippen molar-refractivity contribution in [2.45, 2.75) is 31.1 Å². The summed E-state index contributed by atoms with van der Waals surface area (Å²) in [5.41, 5.74) is 1.31. The van der Waals surface area contributed by atoms with Gasteiger partial charge in [-0.3, -0.25) is 4.79 Å². The molecule has 3 rings (SSSR count). The Morgan fingerprint density at radius 2 is 1.70 bits per heavy atom. The summed E-state index contributed by atoms with van der Waals surface area (Å²) in [6.07, 6.45) is 2.37. The second-order valence-electron chi connectivity index (χ2n) is 7.09. The Morgan fingerprint density at radius 3 is 2.37 bits per heavy atom. The van der Waals surface area contributed by atoms with E-state index in [1.54, 1.807) is 19.1 Å². The Balaban J connectivity index is 1.89. The van der Waals surface area contributed by atoms with Crippen LogP contribution < -0.4 is 5.32 Å². The number of piperidine rings is 1. The first-order valence-corrected chi connectivity index (χ1v) is 11.0. The predicted octanol–water partition coefficient (Wildman–Crippen LogP) is 3.35. The summed E-state index contributed by atoms with van der Waals surface area (Å²) in [7, 11) is -2.78. The number of hydrogen-bond acceptors (Lipinski definition) is 5. The number of sulfonamides is 1. The van der Waals surface area contributed by atoms with Crippen LogP contribution in [0.25, 0.3) is 0 Å². The van der Waals surface area contributed by atoms with E-state index < -0.39 is 32.6 Å². The molecule has 0 unspecified atom stereocenters. The monoisotopic (exact) mass is 434 g/mol. The normalized spacial score (nSPS) is 14.9. The van der Waals surface area contributed by atoms with Gasteiger partial charge in [-0.2, -0.15) is 4.31 Å². The van der Waals surface area contributed by atoms with Crippen molar-refractivity contribution >= 4 is 27.6 Å². The first-order chi connectivity index (χ1) is 14.2. The van der Waals surface area contributed by atoms with E-state index in [9.17, 15) is 22.4 Å². The number of methoxy groups -OCH3 is 1. The van der Waals surface area contributed by atoms with Gasteiger partial charge in [0.25, 0.3) is 5.91 Å². The van der Waals surface area contributed by atoms with Crippen molar-refractivity contribution < 1.29 is 27.1 Å². The highest BCUT2D eigenvalue weighted by Crippen LogP contribution is 2.25. The molecule has 30 heavy (non-hydrogen) atoms. The van der Waals surface area contributed by atoms with E-state index in [0.29, 0.717) is 24.3 Å². The number of aryl methyl sites for hydroxylation is 1. The molecule has 0 radical (unpaired) electrons. The molecule has 1 aliphatic rings. The SMILES string of the molecule is COC(=O)c1ccc(C)c(NC(=O)c2ccc(F)c(S(=O)(=O)N3CCCCC3)c2)c1. The number of amides is 1. The first kappa shape index (κ1) is 21.9. The van der Waals surface area contributed by atoms with Gasteiger partial charge in [-0.25, -0.2) is 17.6 Å². The number of esters is 1. The Morgan fingerprint density at radius 1 is 1.03 bits per heavy atom. The summed E-state index contributed by atoms with van der Waals surface area (Å²) in [6.45, 7) is 2.41. The fourth-order valence-corrected chi connectivity index (χ4v) is 4.89. The quantitative estimate of drug-likeness (QED) is 0.729. The minimum Gasteiger partial charge on any atom is -0.465 e.